The van der Waals surface area contributed by atoms with Crippen molar-refractivity contribution in [3.8, 4) is 0 Å². The van der Waals surface area contributed by atoms with Gasteiger partial charge in [0, 0.05) is 18.6 Å². The van der Waals surface area contributed by atoms with Crippen molar-refractivity contribution >= 4 is 0 Å². The van der Waals surface area contributed by atoms with Crippen molar-refractivity contribution in [1.82, 2.24) is 4.90 Å². The molecule has 1 heteroatoms. The molecule has 0 aromatic carbocycles. The molecule has 2 rings (SSSR count). The number of fused-ring (bicyclic) bond motifs is 1. The predicted molar refractivity (Wildman–Crippen MR) is 38.3 cm³/mol. The molecule has 2 aliphatic rings. The van der Waals surface area contributed by atoms with Crippen LogP contribution in [0.3, 0.4) is 0 Å². The largest absolute Gasteiger partial charge is 0.294 e. The quantitative estimate of drug-likeness (QED) is 0.441. The van der Waals surface area contributed by atoms with Gasteiger partial charge in [-0.2, -0.15) is 0 Å². The Hall–Kier alpha value is -0.0400. The monoisotopic (exact) mass is 125 g/mol. The first-order chi connectivity index (χ1) is 4.22. The molecule has 2 saturated heterocycles. The molecular formula is C8H15N. The molecule has 0 N–H and O–H groups in total. The van der Waals surface area contributed by atoms with Gasteiger partial charge in [0.25, 0.3) is 0 Å². The fraction of sp³-hybridized carbons (Fsp3) is 1.00. The van der Waals surface area contributed by atoms with Crippen LogP contribution in [0.2, 0.25) is 0 Å². The molecule has 0 aromatic rings. The van der Waals surface area contributed by atoms with Crippen LogP contribution in [0.5, 0.6) is 0 Å². The van der Waals surface area contributed by atoms with E-state index < -0.39 is 0 Å². The molecule has 0 spiro atoms. The minimum atomic E-state index is 0.866. The van der Waals surface area contributed by atoms with E-state index >= 15 is 0 Å². The first-order valence-electron chi connectivity index (χ1n) is 3.97. The van der Waals surface area contributed by atoms with Gasteiger partial charge in [0.1, 0.15) is 0 Å². The zero-order chi connectivity index (χ0) is 6.59. The average Bonchev–Trinajstić information content (AvgIpc) is 2.56. The molecule has 0 bridgehead atoms. The van der Waals surface area contributed by atoms with Crippen molar-refractivity contribution in [3.05, 3.63) is 0 Å². The Labute approximate surface area is 57.0 Å². The van der Waals surface area contributed by atoms with E-state index in [1.54, 1.807) is 0 Å². The van der Waals surface area contributed by atoms with Crippen LogP contribution >= 0.6 is 0 Å². The molecule has 0 saturated carbocycles. The average molecular weight is 125 g/mol. The smallest absolute Gasteiger partial charge is 0.0255 e. The normalized spacial score (nSPS) is 63.7. The van der Waals surface area contributed by atoms with Gasteiger partial charge < -0.3 is 0 Å². The van der Waals surface area contributed by atoms with E-state index in [2.05, 4.69) is 25.7 Å². The van der Waals surface area contributed by atoms with E-state index in [4.69, 9.17) is 0 Å². The second kappa shape index (κ2) is 1.51. The SMILES string of the molecule is CC1C(C)C2CN2C1C. The van der Waals surface area contributed by atoms with E-state index in [1.807, 2.05) is 0 Å². The highest BCUT2D eigenvalue weighted by Crippen LogP contribution is 2.43. The lowest BCUT2D eigenvalue weighted by Gasteiger charge is -2.16. The van der Waals surface area contributed by atoms with Crippen LogP contribution in [0.15, 0.2) is 0 Å². The molecule has 5 unspecified atom stereocenters. The maximum atomic E-state index is 2.61. The molecule has 0 aromatic heterocycles. The Kier molecular flexibility index (Phi) is 0.963. The molecule has 2 heterocycles. The number of piperidine rings is 1. The summed E-state index contributed by atoms with van der Waals surface area (Å²) < 4.78 is 0. The highest BCUT2D eigenvalue weighted by atomic mass is 15.4. The first kappa shape index (κ1) is 5.72. The summed E-state index contributed by atoms with van der Waals surface area (Å²) in [5.41, 5.74) is 0. The summed E-state index contributed by atoms with van der Waals surface area (Å²) in [5, 5.41) is 0. The Balaban J connectivity index is 2.14. The van der Waals surface area contributed by atoms with Crippen LogP contribution in [0, 0.1) is 11.8 Å². The third-order valence-electron chi connectivity index (χ3n) is 3.41. The summed E-state index contributed by atoms with van der Waals surface area (Å²) in [5.74, 6) is 1.89. The van der Waals surface area contributed by atoms with Gasteiger partial charge in [-0.15, -0.1) is 0 Å². The minimum absolute atomic E-state index is 0.866. The Morgan fingerprint density at radius 2 is 1.78 bits per heavy atom. The molecule has 2 aliphatic heterocycles. The van der Waals surface area contributed by atoms with Crippen LogP contribution in [-0.2, 0) is 0 Å². The van der Waals surface area contributed by atoms with Gasteiger partial charge in [-0.3, -0.25) is 4.90 Å². The summed E-state index contributed by atoms with van der Waals surface area (Å²) in [6.45, 7) is 8.50. The minimum Gasteiger partial charge on any atom is -0.294 e. The molecule has 52 valence electrons. The second-order valence-electron chi connectivity index (χ2n) is 3.72. The van der Waals surface area contributed by atoms with Crippen molar-refractivity contribution < 1.29 is 0 Å². The van der Waals surface area contributed by atoms with Crippen molar-refractivity contribution in [2.75, 3.05) is 6.54 Å². The van der Waals surface area contributed by atoms with Gasteiger partial charge in [0.15, 0.2) is 0 Å². The van der Waals surface area contributed by atoms with E-state index in [9.17, 15) is 0 Å². The molecule has 0 amide bonds. The third kappa shape index (κ3) is 0.586. The highest BCUT2D eigenvalue weighted by Gasteiger charge is 2.51. The zero-order valence-corrected chi connectivity index (χ0v) is 6.46. The van der Waals surface area contributed by atoms with Crippen molar-refractivity contribution in [2.45, 2.75) is 32.9 Å². The van der Waals surface area contributed by atoms with Gasteiger partial charge in [-0.25, -0.2) is 0 Å². The summed E-state index contributed by atoms with van der Waals surface area (Å²) in [7, 11) is 0. The Bertz CT molecular complexity index is 115. The molecule has 9 heavy (non-hydrogen) atoms. The number of rotatable bonds is 0. The molecule has 0 aliphatic carbocycles. The molecular weight excluding hydrogens is 110 g/mol. The number of hydrogen-bond acceptors (Lipinski definition) is 1. The van der Waals surface area contributed by atoms with Gasteiger partial charge in [-0.05, 0) is 18.8 Å². The van der Waals surface area contributed by atoms with Crippen LogP contribution in [0.25, 0.3) is 0 Å². The molecule has 5 atom stereocenters. The van der Waals surface area contributed by atoms with Gasteiger partial charge in [0.2, 0.25) is 0 Å². The summed E-state index contributed by atoms with van der Waals surface area (Å²) in [6.07, 6.45) is 0. The van der Waals surface area contributed by atoms with Crippen LogP contribution < -0.4 is 0 Å². The Morgan fingerprint density at radius 1 is 1.11 bits per heavy atom. The van der Waals surface area contributed by atoms with Crippen LogP contribution in [0.4, 0.5) is 0 Å². The van der Waals surface area contributed by atoms with Crippen molar-refractivity contribution in [3.63, 3.8) is 0 Å². The second-order valence-corrected chi connectivity index (χ2v) is 3.72. The van der Waals surface area contributed by atoms with E-state index in [1.165, 1.54) is 6.54 Å². The van der Waals surface area contributed by atoms with E-state index in [0.717, 1.165) is 23.9 Å². The van der Waals surface area contributed by atoms with Gasteiger partial charge in [-0.1, -0.05) is 13.8 Å². The highest BCUT2D eigenvalue weighted by molar-refractivity contribution is 5.06. The van der Waals surface area contributed by atoms with E-state index in [0.29, 0.717) is 0 Å². The lowest BCUT2D eigenvalue weighted by atomic mass is 9.91. The third-order valence-corrected chi connectivity index (χ3v) is 3.41. The standard InChI is InChI=1S/C8H15N/c1-5-6(2)8-4-9(8)7(5)3/h5-8H,4H2,1-3H3. The predicted octanol–water partition coefficient (Wildman–Crippen LogP) is 1.34. The lowest BCUT2D eigenvalue weighted by molar-refractivity contribution is 0.346. The fourth-order valence-electron chi connectivity index (χ4n) is 2.20. The fourth-order valence-corrected chi connectivity index (χ4v) is 2.20. The van der Waals surface area contributed by atoms with Gasteiger partial charge in [0.05, 0.1) is 0 Å². The summed E-state index contributed by atoms with van der Waals surface area (Å²) >= 11 is 0. The topological polar surface area (TPSA) is 3.01 Å². The van der Waals surface area contributed by atoms with Crippen molar-refractivity contribution in [2.24, 2.45) is 11.8 Å². The van der Waals surface area contributed by atoms with Crippen LogP contribution in [-0.4, -0.2) is 23.5 Å². The molecule has 0 radical (unpaired) electrons. The molecule has 2 fully saturated rings. The molecule has 1 nitrogen and oxygen atoms in total. The lowest BCUT2D eigenvalue weighted by Crippen LogP contribution is -2.20. The Morgan fingerprint density at radius 3 is 2.00 bits per heavy atom. The number of hydrogen-bond donors (Lipinski definition) is 0. The zero-order valence-electron chi connectivity index (χ0n) is 6.46. The maximum Gasteiger partial charge on any atom is 0.0255 e. The maximum absolute atomic E-state index is 2.61. The van der Waals surface area contributed by atoms with Crippen LogP contribution in [0.1, 0.15) is 20.8 Å². The number of nitrogens with zero attached hydrogens (tertiary/aromatic N) is 1. The first-order valence-corrected chi connectivity index (χ1v) is 3.97. The van der Waals surface area contributed by atoms with Crippen molar-refractivity contribution in [1.29, 1.82) is 0 Å². The summed E-state index contributed by atoms with van der Waals surface area (Å²) in [6, 6.07) is 1.83. The summed E-state index contributed by atoms with van der Waals surface area (Å²) in [4.78, 5) is 2.61. The van der Waals surface area contributed by atoms with Gasteiger partial charge >= 0.3 is 0 Å². The van der Waals surface area contributed by atoms with E-state index in [-0.39, 0.29) is 0 Å².